The molecule has 0 aliphatic heterocycles. The zero-order valence-corrected chi connectivity index (χ0v) is 11.8. The summed E-state index contributed by atoms with van der Waals surface area (Å²) in [4.78, 5) is 13.4. The van der Waals surface area contributed by atoms with Crippen molar-refractivity contribution in [2.45, 2.75) is 6.54 Å². The molecule has 2 aromatic carbocycles. The SMILES string of the molecule is CN(Cc1ccc(B(O)O)cc1)C(=O)c1cc(F)ccc1F. The van der Waals surface area contributed by atoms with Gasteiger partial charge in [0.25, 0.3) is 5.91 Å². The van der Waals surface area contributed by atoms with E-state index in [2.05, 4.69) is 0 Å². The molecule has 0 aliphatic rings. The van der Waals surface area contributed by atoms with Gasteiger partial charge in [0.2, 0.25) is 0 Å². The van der Waals surface area contributed by atoms with E-state index in [1.807, 2.05) is 0 Å². The molecule has 2 rings (SSSR count). The number of rotatable bonds is 4. The molecule has 2 N–H and O–H groups in total. The van der Waals surface area contributed by atoms with Gasteiger partial charge in [-0.25, -0.2) is 8.78 Å². The van der Waals surface area contributed by atoms with E-state index in [1.54, 1.807) is 12.1 Å². The Morgan fingerprint density at radius 2 is 1.77 bits per heavy atom. The van der Waals surface area contributed by atoms with Crippen LogP contribution in [0.3, 0.4) is 0 Å². The third-order valence-electron chi connectivity index (χ3n) is 3.20. The fourth-order valence-electron chi connectivity index (χ4n) is 2.01. The van der Waals surface area contributed by atoms with Crippen molar-refractivity contribution in [3.63, 3.8) is 0 Å². The summed E-state index contributed by atoms with van der Waals surface area (Å²) in [6.45, 7) is 0.177. The first-order chi connectivity index (χ1) is 10.4. The van der Waals surface area contributed by atoms with E-state index < -0.39 is 24.7 Å². The zero-order valence-electron chi connectivity index (χ0n) is 11.8. The Morgan fingerprint density at radius 3 is 2.36 bits per heavy atom. The maximum Gasteiger partial charge on any atom is 0.488 e. The average Bonchev–Trinajstić information content (AvgIpc) is 2.49. The second-order valence-electron chi connectivity index (χ2n) is 4.90. The summed E-state index contributed by atoms with van der Waals surface area (Å²) in [6, 6.07) is 9.00. The molecule has 0 atom stereocenters. The van der Waals surface area contributed by atoms with Gasteiger partial charge in [0.15, 0.2) is 0 Å². The maximum absolute atomic E-state index is 13.6. The van der Waals surface area contributed by atoms with E-state index >= 15 is 0 Å². The normalized spacial score (nSPS) is 10.4. The van der Waals surface area contributed by atoms with Crippen molar-refractivity contribution in [1.29, 1.82) is 0 Å². The largest absolute Gasteiger partial charge is 0.488 e. The molecule has 1 amide bonds. The minimum Gasteiger partial charge on any atom is -0.423 e. The van der Waals surface area contributed by atoms with Gasteiger partial charge in [-0.2, -0.15) is 0 Å². The molecular weight excluding hydrogens is 291 g/mol. The minimum absolute atomic E-state index is 0.177. The van der Waals surface area contributed by atoms with Crippen LogP contribution in [0.1, 0.15) is 15.9 Å². The molecule has 114 valence electrons. The number of amides is 1. The average molecular weight is 305 g/mol. The van der Waals surface area contributed by atoms with E-state index in [1.165, 1.54) is 24.1 Å². The number of benzene rings is 2. The highest BCUT2D eigenvalue weighted by molar-refractivity contribution is 6.58. The van der Waals surface area contributed by atoms with Gasteiger partial charge in [0.1, 0.15) is 11.6 Å². The van der Waals surface area contributed by atoms with E-state index in [0.717, 1.165) is 23.8 Å². The van der Waals surface area contributed by atoms with Crippen LogP contribution in [-0.2, 0) is 6.54 Å². The van der Waals surface area contributed by atoms with Crippen molar-refractivity contribution >= 4 is 18.5 Å². The molecule has 0 saturated heterocycles. The predicted molar refractivity (Wildman–Crippen MR) is 78.4 cm³/mol. The second-order valence-corrected chi connectivity index (χ2v) is 4.90. The van der Waals surface area contributed by atoms with Crippen LogP contribution in [-0.4, -0.2) is 35.0 Å². The first kappa shape index (κ1) is 16.1. The topological polar surface area (TPSA) is 60.8 Å². The van der Waals surface area contributed by atoms with Gasteiger partial charge < -0.3 is 14.9 Å². The van der Waals surface area contributed by atoms with Crippen LogP contribution < -0.4 is 5.46 Å². The number of hydrogen-bond acceptors (Lipinski definition) is 3. The van der Waals surface area contributed by atoms with Crippen molar-refractivity contribution in [2.24, 2.45) is 0 Å². The van der Waals surface area contributed by atoms with Gasteiger partial charge in [-0.3, -0.25) is 4.79 Å². The van der Waals surface area contributed by atoms with Crippen molar-refractivity contribution in [3.05, 3.63) is 65.2 Å². The summed E-state index contributed by atoms with van der Waals surface area (Å²) in [5, 5.41) is 18.0. The molecule has 0 aromatic heterocycles. The third kappa shape index (κ3) is 3.69. The summed E-state index contributed by atoms with van der Waals surface area (Å²) in [7, 11) is -0.0867. The Balaban J connectivity index is 2.12. The van der Waals surface area contributed by atoms with E-state index in [-0.39, 0.29) is 12.1 Å². The fourth-order valence-corrected chi connectivity index (χ4v) is 2.01. The van der Waals surface area contributed by atoms with Crippen LogP contribution >= 0.6 is 0 Å². The predicted octanol–water partition coefficient (Wildman–Crippen LogP) is 0.917. The highest BCUT2D eigenvalue weighted by Gasteiger charge is 2.17. The lowest BCUT2D eigenvalue weighted by Gasteiger charge is -2.18. The molecule has 0 radical (unpaired) electrons. The fraction of sp³-hybridized carbons (Fsp3) is 0.133. The third-order valence-corrected chi connectivity index (χ3v) is 3.20. The molecule has 0 bridgehead atoms. The lowest BCUT2D eigenvalue weighted by molar-refractivity contribution is 0.0780. The molecule has 0 heterocycles. The van der Waals surface area contributed by atoms with Crippen molar-refractivity contribution < 1.29 is 23.6 Å². The van der Waals surface area contributed by atoms with E-state index in [0.29, 0.717) is 5.46 Å². The molecule has 0 saturated carbocycles. The van der Waals surface area contributed by atoms with Crippen LogP contribution in [0.25, 0.3) is 0 Å². The highest BCUT2D eigenvalue weighted by atomic mass is 19.1. The summed E-state index contributed by atoms with van der Waals surface area (Å²) in [6.07, 6.45) is 0. The van der Waals surface area contributed by atoms with Crippen LogP contribution in [0.4, 0.5) is 8.78 Å². The number of nitrogens with zero attached hydrogens (tertiary/aromatic N) is 1. The molecule has 0 unspecified atom stereocenters. The molecule has 4 nitrogen and oxygen atoms in total. The highest BCUT2D eigenvalue weighted by Crippen LogP contribution is 2.13. The van der Waals surface area contributed by atoms with Crippen LogP contribution in [0.15, 0.2) is 42.5 Å². The molecule has 0 fully saturated rings. The number of carbonyl (C=O) groups is 1. The summed E-state index contributed by atoms with van der Waals surface area (Å²) < 4.78 is 26.7. The van der Waals surface area contributed by atoms with E-state index in [9.17, 15) is 13.6 Å². The number of carbonyl (C=O) groups excluding carboxylic acids is 1. The summed E-state index contributed by atoms with van der Waals surface area (Å²) >= 11 is 0. The number of hydrogen-bond donors (Lipinski definition) is 2. The monoisotopic (exact) mass is 305 g/mol. The first-order valence-corrected chi connectivity index (χ1v) is 6.54. The summed E-state index contributed by atoms with van der Waals surface area (Å²) in [5.74, 6) is -2.10. The Morgan fingerprint density at radius 1 is 1.14 bits per heavy atom. The molecule has 0 spiro atoms. The Bertz CT molecular complexity index is 677. The lowest BCUT2D eigenvalue weighted by Crippen LogP contribution is -2.30. The van der Waals surface area contributed by atoms with Gasteiger partial charge in [0.05, 0.1) is 5.56 Å². The molecule has 22 heavy (non-hydrogen) atoms. The van der Waals surface area contributed by atoms with Gasteiger partial charge in [-0.05, 0) is 29.2 Å². The smallest absolute Gasteiger partial charge is 0.423 e. The Kier molecular flexibility index (Phi) is 4.90. The maximum atomic E-state index is 13.6. The minimum atomic E-state index is -1.56. The van der Waals surface area contributed by atoms with Gasteiger partial charge in [0, 0.05) is 13.6 Å². The van der Waals surface area contributed by atoms with Crippen molar-refractivity contribution in [1.82, 2.24) is 4.90 Å². The van der Waals surface area contributed by atoms with Gasteiger partial charge >= 0.3 is 7.12 Å². The molecule has 7 heteroatoms. The van der Waals surface area contributed by atoms with Crippen LogP contribution in [0.2, 0.25) is 0 Å². The van der Waals surface area contributed by atoms with Crippen molar-refractivity contribution in [2.75, 3.05) is 7.05 Å². The Hall–Kier alpha value is -2.25. The molecule has 0 aliphatic carbocycles. The molecule has 2 aromatic rings. The van der Waals surface area contributed by atoms with Crippen molar-refractivity contribution in [3.8, 4) is 0 Å². The van der Waals surface area contributed by atoms with Gasteiger partial charge in [-0.15, -0.1) is 0 Å². The second kappa shape index (κ2) is 6.68. The van der Waals surface area contributed by atoms with E-state index in [4.69, 9.17) is 10.0 Å². The van der Waals surface area contributed by atoms with Crippen LogP contribution in [0.5, 0.6) is 0 Å². The summed E-state index contributed by atoms with van der Waals surface area (Å²) in [5.41, 5.74) is 0.718. The van der Waals surface area contributed by atoms with Gasteiger partial charge in [-0.1, -0.05) is 24.3 Å². The lowest BCUT2D eigenvalue weighted by atomic mass is 9.80. The first-order valence-electron chi connectivity index (χ1n) is 6.54. The van der Waals surface area contributed by atoms with Crippen LogP contribution in [0, 0.1) is 11.6 Å². The quantitative estimate of drug-likeness (QED) is 0.826. The standard InChI is InChI=1S/C15H14BF2NO3/c1-19(9-10-2-4-11(5-3-10)16(21)22)15(20)13-8-12(17)6-7-14(13)18/h2-8,21-22H,9H2,1H3. The molecular formula is C15H14BF2NO3. The Labute approximate surface area is 126 Å². The zero-order chi connectivity index (χ0) is 16.3. The number of halogens is 2.